The van der Waals surface area contributed by atoms with Crippen molar-refractivity contribution in [1.82, 2.24) is 15.1 Å². The lowest BCUT2D eigenvalue weighted by atomic mass is 9.97. The first kappa shape index (κ1) is 15.3. The van der Waals surface area contributed by atoms with E-state index in [1.807, 2.05) is 0 Å². The lowest BCUT2D eigenvalue weighted by Gasteiger charge is -2.47. The van der Waals surface area contributed by atoms with E-state index in [0.29, 0.717) is 6.04 Å². The van der Waals surface area contributed by atoms with Gasteiger partial charge in [-0.05, 0) is 59.7 Å². The SMILES string of the molecule is CNC(C)CCCCN1CC2CCCCN2CC1C. The van der Waals surface area contributed by atoms with Gasteiger partial charge in [-0.15, -0.1) is 0 Å². The normalized spacial score (nSPS) is 31.1. The van der Waals surface area contributed by atoms with E-state index in [-0.39, 0.29) is 0 Å². The molecule has 112 valence electrons. The highest BCUT2D eigenvalue weighted by atomic mass is 15.3. The van der Waals surface area contributed by atoms with Crippen LogP contribution in [0.25, 0.3) is 0 Å². The first-order chi connectivity index (χ1) is 9.20. The van der Waals surface area contributed by atoms with Crippen molar-refractivity contribution in [1.29, 1.82) is 0 Å². The summed E-state index contributed by atoms with van der Waals surface area (Å²) in [6, 6.07) is 2.30. The van der Waals surface area contributed by atoms with Crippen LogP contribution in [0.1, 0.15) is 52.4 Å². The summed E-state index contributed by atoms with van der Waals surface area (Å²) in [5, 5.41) is 3.33. The first-order valence-corrected chi connectivity index (χ1v) is 8.36. The number of piperidine rings is 1. The van der Waals surface area contributed by atoms with Gasteiger partial charge in [-0.2, -0.15) is 0 Å². The fourth-order valence-corrected chi connectivity index (χ4v) is 3.63. The third-order valence-corrected chi connectivity index (χ3v) is 5.14. The number of unbranched alkanes of at least 4 members (excludes halogenated alkanes) is 1. The molecule has 3 atom stereocenters. The molecule has 0 amide bonds. The second-order valence-electron chi connectivity index (χ2n) is 6.67. The van der Waals surface area contributed by atoms with Crippen LogP contribution in [0.15, 0.2) is 0 Å². The van der Waals surface area contributed by atoms with Gasteiger partial charge in [-0.3, -0.25) is 9.80 Å². The average Bonchev–Trinajstić information content (AvgIpc) is 2.43. The molecule has 0 saturated carbocycles. The molecule has 0 aromatic carbocycles. The molecule has 0 bridgehead atoms. The van der Waals surface area contributed by atoms with E-state index in [1.54, 1.807) is 0 Å². The Bertz CT molecular complexity index is 256. The summed E-state index contributed by atoms with van der Waals surface area (Å²) in [6.07, 6.45) is 8.34. The Kier molecular flexibility index (Phi) is 6.11. The molecule has 3 unspecified atom stereocenters. The summed E-state index contributed by atoms with van der Waals surface area (Å²) < 4.78 is 0. The van der Waals surface area contributed by atoms with Crippen LogP contribution in [-0.2, 0) is 0 Å². The maximum absolute atomic E-state index is 3.33. The van der Waals surface area contributed by atoms with Crippen molar-refractivity contribution in [3.63, 3.8) is 0 Å². The predicted octanol–water partition coefficient (Wildman–Crippen LogP) is 2.32. The lowest BCUT2D eigenvalue weighted by Crippen LogP contribution is -2.58. The molecule has 1 N–H and O–H groups in total. The number of hydrogen-bond acceptors (Lipinski definition) is 3. The zero-order chi connectivity index (χ0) is 13.7. The summed E-state index contributed by atoms with van der Waals surface area (Å²) >= 11 is 0. The molecule has 2 fully saturated rings. The maximum Gasteiger partial charge on any atom is 0.0223 e. The van der Waals surface area contributed by atoms with Crippen molar-refractivity contribution in [3.05, 3.63) is 0 Å². The van der Waals surface area contributed by atoms with E-state index in [9.17, 15) is 0 Å². The van der Waals surface area contributed by atoms with Crippen LogP contribution in [0, 0.1) is 0 Å². The highest BCUT2D eigenvalue weighted by Gasteiger charge is 2.32. The Morgan fingerprint density at radius 2 is 2.05 bits per heavy atom. The number of nitrogens with one attached hydrogen (secondary N) is 1. The Balaban J connectivity index is 1.68. The molecule has 2 heterocycles. The quantitative estimate of drug-likeness (QED) is 0.745. The van der Waals surface area contributed by atoms with E-state index < -0.39 is 0 Å². The van der Waals surface area contributed by atoms with E-state index in [2.05, 4.69) is 36.0 Å². The molecular formula is C16H33N3. The first-order valence-electron chi connectivity index (χ1n) is 8.36. The van der Waals surface area contributed by atoms with Gasteiger partial charge in [0.1, 0.15) is 0 Å². The van der Waals surface area contributed by atoms with Crippen LogP contribution in [-0.4, -0.2) is 61.2 Å². The molecule has 0 radical (unpaired) electrons. The standard InChI is InChI=1S/C16H33N3/c1-14(17-3)8-4-6-10-18-13-16-9-5-7-11-19(16)12-15(18)2/h14-17H,4-13H2,1-3H3. The summed E-state index contributed by atoms with van der Waals surface area (Å²) in [5.74, 6) is 0. The van der Waals surface area contributed by atoms with Crippen molar-refractivity contribution >= 4 is 0 Å². The fraction of sp³-hybridized carbons (Fsp3) is 1.00. The van der Waals surface area contributed by atoms with Gasteiger partial charge in [0.05, 0.1) is 0 Å². The van der Waals surface area contributed by atoms with Crippen LogP contribution in [0.2, 0.25) is 0 Å². The number of piperazine rings is 1. The number of hydrogen-bond donors (Lipinski definition) is 1. The Hall–Kier alpha value is -0.120. The topological polar surface area (TPSA) is 18.5 Å². The number of rotatable bonds is 6. The molecule has 2 saturated heterocycles. The molecule has 3 nitrogen and oxygen atoms in total. The van der Waals surface area contributed by atoms with Crippen molar-refractivity contribution < 1.29 is 0 Å². The molecule has 0 aromatic rings. The molecule has 0 aliphatic carbocycles. The molecule has 0 aromatic heterocycles. The molecule has 19 heavy (non-hydrogen) atoms. The van der Waals surface area contributed by atoms with Gasteiger partial charge >= 0.3 is 0 Å². The van der Waals surface area contributed by atoms with E-state index in [0.717, 1.165) is 12.1 Å². The third-order valence-electron chi connectivity index (χ3n) is 5.14. The Labute approximate surface area is 119 Å². The predicted molar refractivity (Wildman–Crippen MR) is 82.6 cm³/mol. The highest BCUT2D eigenvalue weighted by Crippen LogP contribution is 2.24. The monoisotopic (exact) mass is 267 g/mol. The van der Waals surface area contributed by atoms with Crippen molar-refractivity contribution in [2.75, 3.05) is 33.2 Å². The maximum atomic E-state index is 3.33. The van der Waals surface area contributed by atoms with Gasteiger partial charge in [-0.1, -0.05) is 12.8 Å². The number of nitrogens with zero attached hydrogens (tertiary/aromatic N) is 2. The minimum Gasteiger partial charge on any atom is -0.317 e. The van der Waals surface area contributed by atoms with E-state index in [1.165, 1.54) is 64.7 Å². The van der Waals surface area contributed by atoms with Gasteiger partial charge in [0.2, 0.25) is 0 Å². The summed E-state index contributed by atoms with van der Waals surface area (Å²) in [6.45, 7) is 9.98. The second kappa shape index (κ2) is 7.61. The third kappa shape index (κ3) is 4.44. The molecule has 0 spiro atoms. The van der Waals surface area contributed by atoms with Crippen molar-refractivity contribution in [2.24, 2.45) is 0 Å². The van der Waals surface area contributed by atoms with Crippen molar-refractivity contribution in [3.8, 4) is 0 Å². The average molecular weight is 267 g/mol. The zero-order valence-corrected chi connectivity index (χ0v) is 13.2. The largest absolute Gasteiger partial charge is 0.317 e. The van der Waals surface area contributed by atoms with Gasteiger partial charge in [0, 0.05) is 31.2 Å². The van der Waals surface area contributed by atoms with Gasteiger partial charge in [0.15, 0.2) is 0 Å². The second-order valence-corrected chi connectivity index (χ2v) is 6.67. The molecule has 2 rings (SSSR count). The van der Waals surface area contributed by atoms with Gasteiger partial charge in [0.25, 0.3) is 0 Å². The molecule has 3 heteroatoms. The van der Waals surface area contributed by atoms with E-state index in [4.69, 9.17) is 0 Å². The highest BCUT2D eigenvalue weighted by molar-refractivity contribution is 4.88. The zero-order valence-electron chi connectivity index (χ0n) is 13.2. The minimum atomic E-state index is 0.674. The fourth-order valence-electron chi connectivity index (χ4n) is 3.63. The van der Waals surface area contributed by atoms with Gasteiger partial charge < -0.3 is 5.32 Å². The van der Waals surface area contributed by atoms with Crippen molar-refractivity contribution in [2.45, 2.75) is 70.5 Å². The summed E-state index contributed by atoms with van der Waals surface area (Å²) in [7, 11) is 2.06. The lowest BCUT2D eigenvalue weighted by molar-refractivity contribution is 0.0146. The smallest absolute Gasteiger partial charge is 0.0223 e. The van der Waals surface area contributed by atoms with E-state index >= 15 is 0 Å². The van der Waals surface area contributed by atoms with Crippen LogP contribution in [0.5, 0.6) is 0 Å². The minimum absolute atomic E-state index is 0.674. The summed E-state index contributed by atoms with van der Waals surface area (Å²) in [5.41, 5.74) is 0. The Morgan fingerprint density at radius 3 is 2.84 bits per heavy atom. The molecule has 2 aliphatic heterocycles. The molecular weight excluding hydrogens is 234 g/mol. The number of fused-ring (bicyclic) bond motifs is 1. The van der Waals surface area contributed by atoms with Crippen LogP contribution in [0.3, 0.4) is 0 Å². The molecule has 2 aliphatic rings. The van der Waals surface area contributed by atoms with Crippen LogP contribution >= 0.6 is 0 Å². The van der Waals surface area contributed by atoms with Crippen LogP contribution < -0.4 is 5.32 Å². The Morgan fingerprint density at radius 1 is 1.21 bits per heavy atom. The summed E-state index contributed by atoms with van der Waals surface area (Å²) in [4.78, 5) is 5.49. The van der Waals surface area contributed by atoms with Crippen LogP contribution in [0.4, 0.5) is 0 Å². The van der Waals surface area contributed by atoms with Gasteiger partial charge in [-0.25, -0.2) is 0 Å².